The van der Waals surface area contributed by atoms with E-state index in [0.717, 1.165) is 16.7 Å². The molecule has 200 valence electrons. The van der Waals surface area contributed by atoms with Crippen LogP contribution in [0, 0.1) is 5.82 Å². The number of hydrogen-bond donors (Lipinski definition) is 2. The van der Waals surface area contributed by atoms with E-state index in [1.807, 2.05) is 91.0 Å². The maximum Gasteiger partial charge on any atom is 0.326 e. The predicted molar refractivity (Wildman–Crippen MR) is 153 cm³/mol. The van der Waals surface area contributed by atoms with Gasteiger partial charge in [-0.3, -0.25) is 0 Å². The van der Waals surface area contributed by atoms with Crippen LogP contribution in [0.4, 0.5) is 10.2 Å². The maximum atomic E-state index is 15.0. The summed E-state index contributed by atoms with van der Waals surface area (Å²) >= 11 is 0. The molecule has 40 heavy (non-hydrogen) atoms. The highest BCUT2D eigenvalue weighted by atomic mass is 19.1. The van der Waals surface area contributed by atoms with Crippen molar-refractivity contribution in [3.05, 3.63) is 144 Å². The number of rotatable bonds is 11. The predicted octanol–water partition coefficient (Wildman–Crippen LogP) is 6.56. The number of carboxylic acids is 1. The van der Waals surface area contributed by atoms with Crippen molar-refractivity contribution in [2.24, 2.45) is 0 Å². The Morgan fingerprint density at radius 1 is 0.850 bits per heavy atom. The summed E-state index contributed by atoms with van der Waals surface area (Å²) in [6.07, 6.45) is 2.22. The van der Waals surface area contributed by atoms with E-state index < -0.39 is 17.8 Å². The topological polar surface area (TPSA) is 84.3 Å². The molecule has 0 fully saturated rings. The van der Waals surface area contributed by atoms with Crippen molar-refractivity contribution < 1.29 is 19.0 Å². The minimum absolute atomic E-state index is 0.147. The molecule has 2 N–H and O–H groups in total. The lowest BCUT2D eigenvalue weighted by molar-refractivity contribution is -0.137. The molecule has 5 rings (SSSR count). The van der Waals surface area contributed by atoms with Crippen LogP contribution in [0.3, 0.4) is 0 Å². The van der Waals surface area contributed by atoms with E-state index in [9.17, 15) is 14.3 Å². The molecule has 1 heterocycles. The second-order valence-corrected chi connectivity index (χ2v) is 9.36. The van der Waals surface area contributed by atoms with Gasteiger partial charge in [0, 0.05) is 18.4 Å². The minimum Gasteiger partial charge on any atom is -0.486 e. The molecule has 7 heteroatoms. The third kappa shape index (κ3) is 6.88. The van der Waals surface area contributed by atoms with E-state index in [1.165, 1.54) is 12.3 Å². The number of aromatic nitrogens is 2. The average Bonchev–Trinajstić information content (AvgIpc) is 2.98. The molecule has 0 saturated heterocycles. The smallest absolute Gasteiger partial charge is 0.326 e. The molecule has 0 bridgehead atoms. The summed E-state index contributed by atoms with van der Waals surface area (Å²) in [5.74, 6) is -0.975. The second kappa shape index (κ2) is 12.7. The van der Waals surface area contributed by atoms with Crippen molar-refractivity contribution >= 4 is 11.8 Å². The van der Waals surface area contributed by atoms with Crippen molar-refractivity contribution in [2.75, 3.05) is 5.32 Å². The van der Waals surface area contributed by atoms with Gasteiger partial charge in [-0.05, 0) is 34.9 Å². The fraction of sp³-hybridized carbons (Fsp3) is 0.121. The molecule has 0 spiro atoms. The molecule has 1 aromatic heterocycles. The van der Waals surface area contributed by atoms with Crippen LogP contribution < -0.4 is 10.1 Å². The Kier molecular flexibility index (Phi) is 8.41. The summed E-state index contributed by atoms with van der Waals surface area (Å²) in [5, 5.41) is 13.0. The lowest BCUT2D eigenvalue weighted by Crippen LogP contribution is -2.32. The van der Waals surface area contributed by atoms with Gasteiger partial charge < -0.3 is 15.2 Å². The van der Waals surface area contributed by atoms with Gasteiger partial charge in [0.1, 0.15) is 18.5 Å². The monoisotopic (exact) mass is 533 g/mol. The summed E-state index contributed by atoms with van der Waals surface area (Å²) in [5.41, 5.74) is 4.39. The highest BCUT2D eigenvalue weighted by Crippen LogP contribution is 2.27. The Balaban J connectivity index is 1.41. The van der Waals surface area contributed by atoms with E-state index in [2.05, 4.69) is 10.3 Å². The van der Waals surface area contributed by atoms with Gasteiger partial charge in [-0.15, -0.1) is 0 Å². The summed E-state index contributed by atoms with van der Waals surface area (Å²) in [6, 6.07) is 32.5. The van der Waals surface area contributed by atoms with Gasteiger partial charge >= 0.3 is 5.97 Å². The molecule has 1 atom stereocenters. The second-order valence-electron chi connectivity index (χ2n) is 9.36. The third-order valence-corrected chi connectivity index (χ3v) is 6.42. The highest BCUT2D eigenvalue weighted by molar-refractivity contribution is 5.77. The number of carbonyl (C=O) groups is 1. The summed E-state index contributed by atoms with van der Waals surface area (Å²) in [4.78, 5) is 21.5. The molecule has 0 radical (unpaired) electrons. The zero-order valence-corrected chi connectivity index (χ0v) is 21.7. The van der Waals surface area contributed by atoms with Gasteiger partial charge in [0.2, 0.25) is 0 Å². The summed E-state index contributed by atoms with van der Waals surface area (Å²) < 4.78 is 20.7. The lowest BCUT2D eigenvalue weighted by atomic mass is 10.1. The minimum atomic E-state index is -0.992. The Labute approximate surface area is 232 Å². The largest absolute Gasteiger partial charge is 0.486 e. The Morgan fingerprint density at radius 2 is 1.48 bits per heavy atom. The van der Waals surface area contributed by atoms with Gasteiger partial charge in [0.05, 0.1) is 17.6 Å². The first-order valence-corrected chi connectivity index (χ1v) is 12.9. The van der Waals surface area contributed by atoms with Crippen LogP contribution in [0.1, 0.15) is 22.4 Å². The van der Waals surface area contributed by atoms with E-state index in [1.54, 1.807) is 12.1 Å². The zero-order valence-electron chi connectivity index (χ0n) is 21.7. The fourth-order valence-corrected chi connectivity index (χ4v) is 4.33. The zero-order chi connectivity index (χ0) is 27.7. The third-order valence-electron chi connectivity index (χ3n) is 6.42. The number of hydrogen-bond acceptors (Lipinski definition) is 5. The van der Waals surface area contributed by atoms with Gasteiger partial charge in [-0.1, -0.05) is 91.0 Å². The van der Waals surface area contributed by atoms with Gasteiger partial charge in [0.15, 0.2) is 11.6 Å². The molecule has 0 saturated carbocycles. The molecule has 1 unspecified atom stereocenters. The average molecular weight is 534 g/mol. The number of ether oxygens (including phenoxy) is 1. The SMILES string of the molecule is O=C(O)C(Cc1ccccc1)Nc1ncc(-c2ccc(OCc3ccccc3)c(F)c2)nc1Cc1ccccc1. The van der Waals surface area contributed by atoms with Crippen LogP contribution in [0.25, 0.3) is 11.3 Å². The molecular weight excluding hydrogens is 505 g/mol. The molecule has 5 aromatic rings. The van der Waals surface area contributed by atoms with Crippen molar-refractivity contribution in [1.29, 1.82) is 0 Å². The van der Waals surface area contributed by atoms with Crippen molar-refractivity contribution in [2.45, 2.75) is 25.5 Å². The highest BCUT2D eigenvalue weighted by Gasteiger charge is 2.21. The molecule has 0 aliphatic heterocycles. The number of anilines is 1. The van der Waals surface area contributed by atoms with Gasteiger partial charge in [-0.25, -0.2) is 19.2 Å². The molecule has 0 aliphatic carbocycles. The standard InChI is InChI=1S/C33H28FN3O3/c34-27-20-26(16-17-31(27)40-22-25-14-8-3-9-15-25)30-21-35-32(28(36-30)18-23-10-4-1-5-11-23)37-29(33(38)39)19-24-12-6-2-7-13-24/h1-17,20-21,29H,18-19,22H2,(H,35,37)(H,38,39). The van der Waals surface area contributed by atoms with E-state index in [-0.39, 0.29) is 18.8 Å². The van der Waals surface area contributed by atoms with Crippen molar-refractivity contribution in [1.82, 2.24) is 9.97 Å². The summed E-state index contributed by atoms with van der Waals surface area (Å²) in [7, 11) is 0. The number of benzene rings is 4. The fourth-order valence-electron chi connectivity index (χ4n) is 4.33. The molecule has 4 aromatic carbocycles. The summed E-state index contributed by atoms with van der Waals surface area (Å²) in [6.45, 7) is 0.256. The van der Waals surface area contributed by atoms with Crippen molar-refractivity contribution in [3.8, 4) is 17.0 Å². The Hall–Kier alpha value is -5.04. The van der Waals surface area contributed by atoms with Crippen LogP contribution >= 0.6 is 0 Å². The number of nitrogens with one attached hydrogen (secondary N) is 1. The quantitative estimate of drug-likeness (QED) is 0.200. The van der Waals surface area contributed by atoms with Gasteiger partial charge in [-0.2, -0.15) is 0 Å². The number of carboxylic acid groups (broad SMARTS) is 1. The van der Waals surface area contributed by atoms with Crippen LogP contribution in [-0.4, -0.2) is 27.1 Å². The molecule has 0 aliphatic rings. The maximum absolute atomic E-state index is 15.0. The van der Waals surface area contributed by atoms with Crippen molar-refractivity contribution in [3.63, 3.8) is 0 Å². The number of halogens is 1. The number of nitrogens with zero attached hydrogens (tertiary/aromatic N) is 2. The van der Waals surface area contributed by atoms with E-state index in [4.69, 9.17) is 9.72 Å². The van der Waals surface area contributed by atoms with E-state index >= 15 is 0 Å². The number of aliphatic carboxylic acids is 1. The van der Waals surface area contributed by atoms with Gasteiger partial charge in [0.25, 0.3) is 0 Å². The van der Waals surface area contributed by atoms with E-state index in [0.29, 0.717) is 29.2 Å². The Bertz CT molecular complexity index is 1560. The van der Waals surface area contributed by atoms with Crippen LogP contribution in [0.15, 0.2) is 115 Å². The first-order valence-electron chi connectivity index (χ1n) is 12.9. The lowest BCUT2D eigenvalue weighted by Gasteiger charge is -2.18. The normalized spacial score (nSPS) is 11.5. The van der Waals surface area contributed by atoms with Crippen LogP contribution in [-0.2, 0) is 24.2 Å². The first kappa shape index (κ1) is 26.6. The molecular formula is C33H28FN3O3. The Morgan fingerprint density at radius 3 is 2.10 bits per heavy atom. The van der Waals surface area contributed by atoms with Crippen LogP contribution in [0.5, 0.6) is 5.75 Å². The van der Waals surface area contributed by atoms with Crippen LogP contribution in [0.2, 0.25) is 0 Å². The first-order chi connectivity index (χ1) is 19.5. The molecule has 0 amide bonds. The molecule has 6 nitrogen and oxygen atoms in total.